The van der Waals surface area contributed by atoms with Crippen LogP contribution in [-0.4, -0.2) is 23.9 Å². The van der Waals surface area contributed by atoms with Crippen molar-refractivity contribution < 1.29 is 9.53 Å². The van der Waals surface area contributed by atoms with Crippen molar-refractivity contribution in [3.63, 3.8) is 0 Å². The van der Waals surface area contributed by atoms with E-state index >= 15 is 0 Å². The van der Waals surface area contributed by atoms with Crippen LogP contribution < -0.4 is 0 Å². The molecule has 0 aromatic heterocycles. The molecule has 3 heteroatoms. The summed E-state index contributed by atoms with van der Waals surface area (Å²) in [5.41, 5.74) is 0. The Kier molecular flexibility index (Phi) is 2.81. The predicted molar refractivity (Wildman–Crippen MR) is 42.0 cm³/mol. The standard InChI is InChI=1S/C7H10O2S/c1-6-4-7(8)5-10-3-2-9-6/h4H,2-3,5H2,1H3/b6-4-. The van der Waals surface area contributed by atoms with Gasteiger partial charge in [0.05, 0.1) is 18.1 Å². The minimum atomic E-state index is 0.155. The van der Waals surface area contributed by atoms with E-state index < -0.39 is 0 Å². The van der Waals surface area contributed by atoms with Gasteiger partial charge < -0.3 is 4.74 Å². The lowest BCUT2D eigenvalue weighted by Crippen LogP contribution is -2.06. The number of carbonyl (C=O) groups is 1. The summed E-state index contributed by atoms with van der Waals surface area (Å²) >= 11 is 1.62. The Morgan fingerprint density at radius 2 is 2.50 bits per heavy atom. The SMILES string of the molecule is C/C1=C/C(=O)CSCCO1. The third-order valence-corrected chi connectivity index (χ3v) is 2.11. The fourth-order valence-corrected chi connectivity index (χ4v) is 1.37. The summed E-state index contributed by atoms with van der Waals surface area (Å²) in [6.07, 6.45) is 1.56. The molecule has 0 amide bonds. The van der Waals surface area contributed by atoms with E-state index in [2.05, 4.69) is 0 Å². The van der Waals surface area contributed by atoms with Crippen LogP contribution in [0.2, 0.25) is 0 Å². The maximum absolute atomic E-state index is 10.9. The van der Waals surface area contributed by atoms with Gasteiger partial charge in [0.2, 0.25) is 0 Å². The van der Waals surface area contributed by atoms with Crippen molar-refractivity contribution in [1.82, 2.24) is 0 Å². The van der Waals surface area contributed by atoms with Gasteiger partial charge in [-0.15, -0.1) is 0 Å². The molecule has 2 nitrogen and oxygen atoms in total. The van der Waals surface area contributed by atoms with E-state index in [0.717, 1.165) is 18.1 Å². The molecule has 0 aromatic carbocycles. The summed E-state index contributed by atoms with van der Waals surface area (Å²) in [4.78, 5) is 10.9. The van der Waals surface area contributed by atoms with Crippen LogP contribution >= 0.6 is 11.8 Å². The number of thioether (sulfide) groups is 1. The molecule has 0 N–H and O–H groups in total. The van der Waals surface area contributed by atoms with Crippen LogP contribution in [0.3, 0.4) is 0 Å². The summed E-state index contributed by atoms with van der Waals surface area (Å²) in [6, 6.07) is 0. The van der Waals surface area contributed by atoms with Crippen molar-refractivity contribution in [1.29, 1.82) is 0 Å². The third-order valence-electron chi connectivity index (χ3n) is 1.17. The molecular weight excluding hydrogens is 148 g/mol. The minimum absolute atomic E-state index is 0.155. The van der Waals surface area contributed by atoms with E-state index in [1.807, 2.05) is 6.92 Å². The molecule has 1 rings (SSSR count). The second kappa shape index (κ2) is 3.66. The summed E-state index contributed by atoms with van der Waals surface area (Å²) in [5.74, 6) is 2.41. The van der Waals surface area contributed by atoms with Crippen LogP contribution in [0.25, 0.3) is 0 Å². The highest BCUT2D eigenvalue weighted by atomic mass is 32.2. The number of carbonyl (C=O) groups excluding carboxylic acids is 1. The van der Waals surface area contributed by atoms with Crippen LogP contribution in [-0.2, 0) is 9.53 Å². The molecule has 10 heavy (non-hydrogen) atoms. The Morgan fingerprint density at radius 1 is 1.70 bits per heavy atom. The van der Waals surface area contributed by atoms with E-state index in [9.17, 15) is 4.79 Å². The highest BCUT2D eigenvalue weighted by Crippen LogP contribution is 2.07. The van der Waals surface area contributed by atoms with Crippen LogP contribution in [0.5, 0.6) is 0 Å². The van der Waals surface area contributed by atoms with Gasteiger partial charge in [-0.2, -0.15) is 11.8 Å². The molecule has 0 saturated heterocycles. The van der Waals surface area contributed by atoms with Gasteiger partial charge in [-0.1, -0.05) is 0 Å². The first-order valence-electron chi connectivity index (χ1n) is 3.21. The monoisotopic (exact) mass is 158 g/mol. The molecule has 0 atom stereocenters. The van der Waals surface area contributed by atoms with Crippen LogP contribution in [0.4, 0.5) is 0 Å². The van der Waals surface area contributed by atoms with Crippen LogP contribution in [0.1, 0.15) is 6.92 Å². The zero-order valence-electron chi connectivity index (χ0n) is 5.92. The fourth-order valence-electron chi connectivity index (χ4n) is 0.744. The van der Waals surface area contributed by atoms with Crippen molar-refractivity contribution >= 4 is 17.5 Å². The molecule has 0 aromatic rings. The van der Waals surface area contributed by atoms with Gasteiger partial charge in [-0.05, 0) is 6.92 Å². The number of ether oxygens (including phenoxy) is 1. The van der Waals surface area contributed by atoms with E-state index in [0.29, 0.717) is 5.75 Å². The minimum Gasteiger partial charge on any atom is -0.497 e. The van der Waals surface area contributed by atoms with Gasteiger partial charge in [0.15, 0.2) is 5.78 Å². The van der Waals surface area contributed by atoms with Gasteiger partial charge in [-0.25, -0.2) is 0 Å². The Labute approximate surface area is 64.6 Å². The lowest BCUT2D eigenvalue weighted by atomic mass is 10.4. The molecule has 1 aliphatic heterocycles. The molecule has 1 heterocycles. The molecular formula is C7H10O2S. The van der Waals surface area contributed by atoms with Gasteiger partial charge in [-0.3, -0.25) is 4.79 Å². The maximum Gasteiger partial charge on any atom is 0.168 e. The molecule has 1 aliphatic rings. The average molecular weight is 158 g/mol. The first kappa shape index (κ1) is 7.66. The van der Waals surface area contributed by atoms with Gasteiger partial charge in [0, 0.05) is 11.8 Å². The fraction of sp³-hybridized carbons (Fsp3) is 0.571. The molecule has 0 unspecified atom stereocenters. The molecule has 0 aliphatic carbocycles. The number of ketones is 1. The van der Waals surface area contributed by atoms with Gasteiger partial charge in [0.25, 0.3) is 0 Å². The summed E-state index contributed by atoms with van der Waals surface area (Å²) < 4.78 is 5.17. The lowest BCUT2D eigenvalue weighted by molar-refractivity contribution is -0.112. The Hall–Kier alpha value is -0.440. The van der Waals surface area contributed by atoms with E-state index in [1.165, 1.54) is 0 Å². The predicted octanol–water partition coefficient (Wildman–Crippen LogP) is 1.22. The Balaban J connectivity index is 2.55. The number of hydrogen-bond donors (Lipinski definition) is 0. The van der Waals surface area contributed by atoms with Crippen molar-refractivity contribution in [3.8, 4) is 0 Å². The highest BCUT2D eigenvalue weighted by Gasteiger charge is 2.03. The summed E-state index contributed by atoms with van der Waals surface area (Å²) in [6.45, 7) is 2.54. The molecule has 0 fully saturated rings. The lowest BCUT2D eigenvalue weighted by Gasteiger charge is -2.08. The number of allylic oxidation sites excluding steroid dienone is 2. The van der Waals surface area contributed by atoms with Crippen molar-refractivity contribution in [2.24, 2.45) is 0 Å². The second-order valence-electron chi connectivity index (χ2n) is 2.12. The van der Waals surface area contributed by atoms with Crippen molar-refractivity contribution in [2.75, 3.05) is 18.1 Å². The van der Waals surface area contributed by atoms with Crippen molar-refractivity contribution in [3.05, 3.63) is 11.8 Å². The first-order valence-corrected chi connectivity index (χ1v) is 4.36. The summed E-state index contributed by atoms with van der Waals surface area (Å²) in [7, 11) is 0. The second-order valence-corrected chi connectivity index (χ2v) is 3.23. The Bertz CT molecular complexity index is 163. The summed E-state index contributed by atoms with van der Waals surface area (Å²) in [5, 5.41) is 0. The van der Waals surface area contributed by atoms with Gasteiger partial charge in [0.1, 0.15) is 0 Å². The average Bonchev–Trinajstić information content (AvgIpc) is 1.83. The van der Waals surface area contributed by atoms with E-state index in [4.69, 9.17) is 4.74 Å². The molecule has 0 bridgehead atoms. The highest BCUT2D eigenvalue weighted by molar-refractivity contribution is 7.99. The smallest absolute Gasteiger partial charge is 0.168 e. The molecule has 0 spiro atoms. The largest absolute Gasteiger partial charge is 0.497 e. The molecule has 0 saturated carbocycles. The normalized spacial score (nSPS) is 25.7. The quantitative estimate of drug-likeness (QED) is 0.530. The zero-order valence-corrected chi connectivity index (χ0v) is 6.74. The molecule has 0 radical (unpaired) electrons. The van der Waals surface area contributed by atoms with E-state index in [-0.39, 0.29) is 5.78 Å². The number of hydrogen-bond acceptors (Lipinski definition) is 3. The maximum atomic E-state index is 10.9. The van der Waals surface area contributed by atoms with Crippen LogP contribution in [0.15, 0.2) is 11.8 Å². The first-order chi connectivity index (χ1) is 4.79. The van der Waals surface area contributed by atoms with Crippen LogP contribution in [0, 0.1) is 0 Å². The van der Waals surface area contributed by atoms with Crippen molar-refractivity contribution in [2.45, 2.75) is 6.92 Å². The zero-order chi connectivity index (χ0) is 7.40. The molecule has 56 valence electrons. The Morgan fingerprint density at radius 3 is 3.30 bits per heavy atom. The number of rotatable bonds is 0. The van der Waals surface area contributed by atoms with Gasteiger partial charge >= 0.3 is 0 Å². The topological polar surface area (TPSA) is 26.3 Å². The van der Waals surface area contributed by atoms with E-state index in [1.54, 1.807) is 17.8 Å². The third kappa shape index (κ3) is 2.43.